The van der Waals surface area contributed by atoms with Crippen LogP contribution in [0.25, 0.3) is 0 Å². The summed E-state index contributed by atoms with van der Waals surface area (Å²) in [7, 11) is 0. The van der Waals surface area contributed by atoms with Gasteiger partial charge in [-0.15, -0.1) is 0 Å². The number of carboxylic acid groups (broad SMARTS) is 1. The third kappa shape index (κ3) is 35.7. The van der Waals surface area contributed by atoms with Crippen molar-refractivity contribution in [1.82, 2.24) is 5.32 Å². The molecule has 48 heavy (non-hydrogen) atoms. The fraction of sp³-hybridized carbons (Fsp3) is 0.929. The maximum Gasteiger partial charge on any atom is 0.326 e. The number of hydrogen-bond acceptors (Lipinski definition) is 4. The lowest BCUT2D eigenvalue weighted by atomic mass is 10.0. The number of carbonyl (C=O) groups excluding carboxylic acids is 2. The fourth-order valence-corrected chi connectivity index (χ4v) is 6.54. The molecule has 0 fully saturated rings. The Bertz CT molecular complexity index is 712. The monoisotopic (exact) mass is 680 g/mol. The minimum atomic E-state index is -1.22. The topological polar surface area (TPSA) is 92.7 Å². The molecule has 0 unspecified atom stereocenters. The molecule has 0 aromatic carbocycles. The Morgan fingerprint density at radius 2 is 0.750 bits per heavy atom. The number of esters is 1. The zero-order chi connectivity index (χ0) is 35.2. The van der Waals surface area contributed by atoms with E-state index in [2.05, 4.69) is 19.2 Å². The van der Waals surface area contributed by atoms with Crippen molar-refractivity contribution in [3.05, 3.63) is 0 Å². The fourth-order valence-electron chi connectivity index (χ4n) is 6.54. The van der Waals surface area contributed by atoms with E-state index in [0.29, 0.717) is 13.0 Å². The third-order valence-corrected chi connectivity index (χ3v) is 9.77. The van der Waals surface area contributed by atoms with Gasteiger partial charge in [0.15, 0.2) is 0 Å². The first-order chi connectivity index (χ1) is 23.5. The van der Waals surface area contributed by atoms with Crippen LogP contribution in [0.1, 0.15) is 239 Å². The highest BCUT2D eigenvalue weighted by atomic mass is 16.5. The van der Waals surface area contributed by atoms with Crippen LogP contribution in [0, 0.1) is 0 Å². The third-order valence-electron chi connectivity index (χ3n) is 9.77. The maximum absolute atomic E-state index is 12.3. The second kappa shape index (κ2) is 38.2. The lowest BCUT2D eigenvalue weighted by Crippen LogP contribution is -2.42. The van der Waals surface area contributed by atoms with Crippen molar-refractivity contribution in [3.63, 3.8) is 0 Å². The van der Waals surface area contributed by atoms with Gasteiger partial charge >= 0.3 is 11.9 Å². The van der Waals surface area contributed by atoms with Gasteiger partial charge in [0.2, 0.25) is 5.91 Å². The van der Waals surface area contributed by atoms with Gasteiger partial charge < -0.3 is 15.2 Å². The summed E-state index contributed by atoms with van der Waals surface area (Å²) in [5, 5.41) is 12.0. The summed E-state index contributed by atoms with van der Waals surface area (Å²) in [6, 6.07) is -1.22. The molecule has 2 N–H and O–H groups in total. The van der Waals surface area contributed by atoms with Crippen LogP contribution in [0.3, 0.4) is 0 Å². The molecule has 0 aliphatic rings. The van der Waals surface area contributed by atoms with E-state index in [1.54, 1.807) is 0 Å². The summed E-state index contributed by atoms with van der Waals surface area (Å²) < 4.78 is 5.27. The Labute approximate surface area is 298 Å². The van der Waals surface area contributed by atoms with Gasteiger partial charge in [-0.25, -0.2) is 4.79 Å². The van der Waals surface area contributed by atoms with E-state index < -0.39 is 18.0 Å². The van der Waals surface area contributed by atoms with Crippen molar-refractivity contribution < 1.29 is 24.2 Å². The van der Waals surface area contributed by atoms with Gasteiger partial charge in [0.05, 0.1) is 13.0 Å². The van der Waals surface area contributed by atoms with E-state index in [0.717, 1.165) is 38.5 Å². The Hall–Kier alpha value is -1.59. The zero-order valence-electron chi connectivity index (χ0n) is 32.1. The van der Waals surface area contributed by atoms with Crippen LogP contribution in [0.2, 0.25) is 0 Å². The quantitative estimate of drug-likeness (QED) is 0.0498. The molecule has 0 spiro atoms. The molecule has 0 aromatic heterocycles. The highest BCUT2D eigenvalue weighted by molar-refractivity contribution is 5.87. The summed E-state index contributed by atoms with van der Waals surface area (Å²) in [6.45, 7) is 4.85. The molecule has 0 aliphatic heterocycles. The van der Waals surface area contributed by atoms with Crippen LogP contribution >= 0.6 is 0 Å². The minimum Gasteiger partial charge on any atom is -0.480 e. The summed E-state index contributed by atoms with van der Waals surface area (Å²) in [5.74, 6) is -2.04. The van der Waals surface area contributed by atoms with E-state index in [1.807, 2.05) is 0 Å². The summed E-state index contributed by atoms with van der Waals surface area (Å²) in [4.78, 5) is 36.1. The molecule has 6 nitrogen and oxygen atoms in total. The number of carboxylic acids is 1. The van der Waals surface area contributed by atoms with Gasteiger partial charge in [-0.2, -0.15) is 0 Å². The molecule has 0 rings (SSSR count). The van der Waals surface area contributed by atoms with Gasteiger partial charge in [0.25, 0.3) is 0 Å². The second-order valence-electron chi connectivity index (χ2n) is 14.6. The van der Waals surface area contributed by atoms with Crippen LogP contribution < -0.4 is 5.32 Å². The summed E-state index contributed by atoms with van der Waals surface area (Å²) in [5.41, 5.74) is 0. The lowest BCUT2D eigenvalue weighted by Gasteiger charge is -2.14. The molecule has 0 bridgehead atoms. The van der Waals surface area contributed by atoms with E-state index in [4.69, 9.17) is 4.74 Å². The van der Waals surface area contributed by atoms with E-state index in [1.165, 1.54) is 173 Å². The molecular weight excluding hydrogens is 598 g/mol. The van der Waals surface area contributed by atoms with Crippen molar-refractivity contribution in [3.8, 4) is 0 Å². The molecule has 0 saturated carbocycles. The molecule has 6 heteroatoms. The van der Waals surface area contributed by atoms with Crippen LogP contribution in [-0.2, 0) is 19.1 Å². The van der Waals surface area contributed by atoms with Crippen LogP contribution in [0.4, 0.5) is 0 Å². The Morgan fingerprint density at radius 3 is 1.06 bits per heavy atom. The standard InChI is InChI=1S/C42H81NO5/c1-3-5-7-9-11-13-15-17-19-20-21-23-25-27-29-31-33-35-37-48-41(45)38-39(42(46)47)43-40(44)36-34-32-30-28-26-24-22-18-16-14-12-10-8-6-4-2/h39H,3-38H2,1-2H3,(H,43,44)(H,46,47)/t39-/m0/s1. The predicted octanol–water partition coefficient (Wildman–Crippen LogP) is 12.8. The molecule has 284 valence electrons. The van der Waals surface area contributed by atoms with E-state index >= 15 is 0 Å². The van der Waals surface area contributed by atoms with Crippen molar-refractivity contribution in [2.24, 2.45) is 0 Å². The number of nitrogens with one attached hydrogen (secondary N) is 1. The number of aliphatic carboxylic acids is 1. The highest BCUT2D eigenvalue weighted by Crippen LogP contribution is 2.16. The predicted molar refractivity (Wildman–Crippen MR) is 203 cm³/mol. The molecule has 0 heterocycles. The molecule has 0 radical (unpaired) electrons. The molecule has 0 aliphatic carbocycles. The Kier molecular flexibility index (Phi) is 36.9. The van der Waals surface area contributed by atoms with Crippen molar-refractivity contribution in [1.29, 1.82) is 0 Å². The van der Waals surface area contributed by atoms with Crippen molar-refractivity contribution in [2.75, 3.05) is 6.61 Å². The van der Waals surface area contributed by atoms with Gasteiger partial charge in [-0.1, -0.05) is 213 Å². The summed E-state index contributed by atoms with van der Waals surface area (Å²) in [6.07, 6.45) is 42.4. The van der Waals surface area contributed by atoms with Crippen LogP contribution in [0.15, 0.2) is 0 Å². The average Bonchev–Trinajstić information content (AvgIpc) is 3.07. The van der Waals surface area contributed by atoms with E-state index in [-0.39, 0.29) is 12.3 Å². The smallest absolute Gasteiger partial charge is 0.326 e. The SMILES string of the molecule is CCCCCCCCCCCCCCCCCCCCOC(=O)C[C@H](NC(=O)CCCCCCCCCCCCCCCCC)C(=O)O. The van der Waals surface area contributed by atoms with Crippen LogP contribution in [0.5, 0.6) is 0 Å². The van der Waals surface area contributed by atoms with Crippen molar-refractivity contribution in [2.45, 2.75) is 245 Å². The minimum absolute atomic E-state index is 0.298. The first kappa shape index (κ1) is 46.4. The largest absolute Gasteiger partial charge is 0.480 e. The number of carbonyl (C=O) groups is 3. The van der Waals surface area contributed by atoms with Crippen molar-refractivity contribution >= 4 is 17.8 Å². The van der Waals surface area contributed by atoms with Gasteiger partial charge in [0, 0.05) is 6.42 Å². The number of unbranched alkanes of at least 4 members (excludes halogenated alkanes) is 31. The normalized spacial score (nSPS) is 11.9. The number of ether oxygens (including phenoxy) is 1. The van der Waals surface area contributed by atoms with E-state index in [9.17, 15) is 19.5 Å². The Balaban J connectivity index is 3.58. The first-order valence-corrected chi connectivity index (χ1v) is 21.2. The number of amides is 1. The maximum atomic E-state index is 12.3. The number of hydrogen-bond donors (Lipinski definition) is 2. The summed E-state index contributed by atoms with van der Waals surface area (Å²) >= 11 is 0. The molecule has 1 amide bonds. The van der Waals surface area contributed by atoms with Crippen LogP contribution in [-0.4, -0.2) is 35.6 Å². The zero-order valence-corrected chi connectivity index (χ0v) is 32.1. The second-order valence-corrected chi connectivity index (χ2v) is 14.6. The first-order valence-electron chi connectivity index (χ1n) is 21.2. The molecular formula is C42H81NO5. The molecule has 1 atom stereocenters. The van der Waals surface area contributed by atoms with Gasteiger partial charge in [0.1, 0.15) is 6.04 Å². The lowest BCUT2D eigenvalue weighted by molar-refractivity contribution is -0.150. The molecule has 0 aromatic rings. The van der Waals surface area contributed by atoms with Gasteiger partial charge in [-0.3, -0.25) is 9.59 Å². The molecule has 0 saturated heterocycles. The van der Waals surface area contributed by atoms with Gasteiger partial charge in [-0.05, 0) is 12.8 Å². The highest BCUT2D eigenvalue weighted by Gasteiger charge is 2.23. The average molecular weight is 680 g/mol. The number of rotatable bonds is 39. The Morgan fingerprint density at radius 1 is 0.458 bits per heavy atom.